The summed E-state index contributed by atoms with van der Waals surface area (Å²) in [5.41, 5.74) is 0. The first kappa shape index (κ1) is 15.0. The maximum absolute atomic E-state index is 5.26. The van der Waals surface area contributed by atoms with Gasteiger partial charge in [-0.15, -0.1) is 0 Å². The highest BCUT2D eigenvalue weighted by atomic mass is 16.5. The largest absolute Gasteiger partial charge is 0.384 e. The topological polar surface area (TPSA) is 50.3 Å². The number of nitrogens with one attached hydrogen (secondary N) is 1. The molecule has 5 nitrogen and oxygen atoms in total. The number of anilines is 2. The van der Waals surface area contributed by atoms with E-state index in [1.807, 2.05) is 0 Å². The number of nitrogens with zero attached hydrogens (tertiary/aromatic N) is 3. The van der Waals surface area contributed by atoms with Crippen LogP contribution in [0.15, 0.2) is 6.07 Å². The quantitative estimate of drug-likeness (QED) is 0.829. The van der Waals surface area contributed by atoms with Crippen molar-refractivity contribution in [1.29, 1.82) is 0 Å². The number of methoxy groups -OCH3 is 1. The molecule has 2 heterocycles. The van der Waals surface area contributed by atoms with E-state index in [0.29, 0.717) is 5.92 Å². The highest BCUT2D eigenvalue weighted by Crippen LogP contribution is 2.24. The molecule has 20 heavy (non-hydrogen) atoms. The fourth-order valence-corrected chi connectivity index (χ4v) is 2.66. The molecule has 0 amide bonds. The molecule has 1 aromatic rings. The van der Waals surface area contributed by atoms with Gasteiger partial charge in [0.25, 0.3) is 0 Å². The van der Waals surface area contributed by atoms with Crippen LogP contribution in [0, 0.1) is 5.92 Å². The molecule has 0 aliphatic carbocycles. The lowest BCUT2D eigenvalue weighted by Gasteiger charge is -2.19. The van der Waals surface area contributed by atoms with E-state index in [9.17, 15) is 0 Å². The lowest BCUT2D eigenvalue weighted by Crippen LogP contribution is -2.23. The summed E-state index contributed by atoms with van der Waals surface area (Å²) in [6, 6.07) is 2.07. The molecule has 1 unspecified atom stereocenters. The Kier molecular flexibility index (Phi) is 5.59. The number of ether oxygens (including phenoxy) is 1. The van der Waals surface area contributed by atoms with E-state index in [1.165, 1.54) is 6.42 Å². The van der Waals surface area contributed by atoms with Gasteiger partial charge in [0.05, 0.1) is 6.61 Å². The average Bonchev–Trinajstić information content (AvgIpc) is 2.88. The first-order chi connectivity index (χ1) is 9.76. The van der Waals surface area contributed by atoms with Crippen LogP contribution >= 0.6 is 0 Å². The third-order valence-electron chi connectivity index (χ3n) is 3.60. The summed E-state index contributed by atoms with van der Waals surface area (Å²) >= 11 is 0. The van der Waals surface area contributed by atoms with Crippen LogP contribution in [0.3, 0.4) is 0 Å². The van der Waals surface area contributed by atoms with Crippen LogP contribution in [-0.4, -0.2) is 43.3 Å². The minimum atomic E-state index is 0.618. The van der Waals surface area contributed by atoms with E-state index in [2.05, 4.69) is 35.1 Å². The van der Waals surface area contributed by atoms with E-state index in [-0.39, 0.29) is 0 Å². The van der Waals surface area contributed by atoms with Crippen LogP contribution in [0.1, 0.15) is 32.5 Å². The van der Waals surface area contributed by atoms with Gasteiger partial charge in [0.15, 0.2) is 0 Å². The van der Waals surface area contributed by atoms with Crippen LogP contribution in [0.2, 0.25) is 0 Å². The molecular weight excluding hydrogens is 252 g/mol. The Bertz CT molecular complexity index is 400. The Balaban J connectivity index is 2.13. The fraction of sp³-hybridized carbons (Fsp3) is 0.733. The molecular formula is C15H26N4O. The van der Waals surface area contributed by atoms with Crippen LogP contribution < -0.4 is 10.2 Å². The minimum absolute atomic E-state index is 0.618. The van der Waals surface area contributed by atoms with Crippen molar-refractivity contribution in [1.82, 2.24) is 9.97 Å². The normalized spacial score (nSPS) is 18.6. The maximum Gasteiger partial charge on any atom is 0.134 e. The lowest BCUT2D eigenvalue weighted by atomic mass is 10.1. The van der Waals surface area contributed by atoms with Crippen molar-refractivity contribution in [3.05, 3.63) is 11.9 Å². The van der Waals surface area contributed by atoms with Gasteiger partial charge in [0, 0.05) is 45.1 Å². The second kappa shape index (κ2) is 7.43. The van der Waals surface area contributed by atoms with E-state index in [4.69, 9.17) is 9.72 Å². The molecule has 1 saturated heterocycles. The van der Waals surface area contributed by atoms with Crippen molar-refractivity contribution in [2.75, 3.05) is 43.6 Å². The molecule has 1 N–H and O–H groups in total. The Morgan fingerprint density at radius 2 is 2.25 bits per heavy atom. The molecule has 5 heteroatoms. The van der Waals surface area contributed by atoms with Crippen molar-refractivity contribution in [2.24, 2.45) is 5.92 Å². The first-order valence-corrected chi connectivity index (χ1v) is 7.62. The highest BCUT2D eigenvalue weighted by molar-refractivity contribution is 5.50. The van der Waals surface area contributed by atoms with Gasteiger partial charge in [-0.2, -0.15) is 0 Å². The summed E-state index contributed by atoms with van der Waals surface area (Å²) in [5, 5.41) is 3.30. The van der Waals surface area contributed by atoms with E-state index in [1.54, 1.807) is 7.11 Å². The zero-order valence-electron chi connectivity index (χ0n) is 12.9. The third-order valence-corrected chi connectivity index (χ3v) is 3.60. The third kappa shape index (κ3) is 3.82. The van der Waals surface area contributed by atoms with Crippen LogP contribution in [-0.2, 0) is 11.2 Å². The monoisotopic (exact) mass is 278 g/mol. The van der Waals surface area contributed by atoms with Crippen LogP contribution in [0.25, 0.3) is 0 Å². The number of hydrogen-bond acceptors (Lipinski definition) is 5. The molecule has 1 aliphatic heterocycles. The van der Waals surface area contributed by atoms with E-state index in [0.717, 1.165) is 56.5 Å². The summed E-state index contributed by atoms with van der Waals surface area (Å²) in [5.74, 6) is 3.55. The van der Waals surface area contributed by atoms with Gasteiger partial charge in [-0.3, -0.25) is 0 Å². The minimum Gasteiger partial charge on any atom is -0.384 e. The zero-order valence-corrected chi connectivity index (χ0v) is 12.9. The Morgan fingerprint density at radius 3 is 2.95 bits per heavy atom. The molecule has 112 valence electrons. The van der Waals surface area contributed by atoms with Gasteiger partial charge in [0.2, 0.25) is 0 Å². The molecule has 0 bridgehead atoms. The van der Waals surface area contributed by atoms with Gasteiger partial charge in [-0.1, -0.05) is 6.92 Å². The SMILES string of the molecule is CCCc1nc(NCC)cc(N2CCC(COC)C2)n1. The van der Waals surface area contributed by atoms with Crippen molar-refractivity contribution in [2.45, 2.75) is 33.1 Å². The summed E-state index contributed by atoms with van der Waals surface area (Å²) < 4.78 is 5.26. The second-order valence-corrected chi connectivity index (χ2v) is 5.36. The average molecular weight is 278 g/mol. The lowest BCUT2D eigenvalue weighted by molar-refractivity contribution is 0.161. The van der Waals surface area contributed by atoms with Gasteiger partial charge >= 0.3 is 0 Å². The van der Waals surface area contributed by atoms with Gasteiger partial charge < -0.3 is 15.0 Å². The predicted octanol–water partition coefficient (Wildman–Crippen LogP) is 2.33. The second-order valence-electron chi connectivity index (χ2n) is 5.36. The van der Waals surface area contributed by atoms with Gasteiger partial charge in [-0.05, 0) is 19.8 Å². The van der Waals surface area contributed by atoms with Gasteiger partial charge in [0.1, 0.15) is 17.5 Å². The standard InChI is InChI=1S/C15H26N4O/c1-4-6-13-17-14(16-5-2)9-15(18-13)19-8-7-12(10-19)11-20-3/h9,12H,4-8,10-11H2,1-3H3,(H,16,17,18). The van der Waals surface area contributed by atoms with Crippen LogP contribution in [0.5, 0.6) is 0 Å². The summed E-state index contributed by atoms with van der Waals surface area (Å²) in [7, 11) is 1.77. The highest BCUT2D eigenvalue weighted by Gasteiger charge is 2.24. The number of aryl methyl sites for hydroxylation is 1. The Labute approximate surface area is 121 Å². The molecule has 1 fully saturated rings. The number of aromatic nitrogens is 2. The van der Waals surface area contributed by atoms with Crippen molar-refractivity contribution in [3.63, 3.8) is 0 Å². The molecule has 0 radical (unpaired) electrons. The Hall–Kier alpha value is -1.36. The van der Waals surface area contributed by atoms with Gasteiger partial charge in [-0.25, -0.2) is 9.97 Å². The molecule has 1 aliphatic rings. The molecule has 0 aromatic carbocycles. The zero-order chi connectivity index (χ0) is 14.4. The number of rotatable bonds is 7. The number of hydrogen-bond donors (Lipinski definition) is 1. The summed E-state index contributed by atoms with van der Waals surface area (Å²) in [6.45, 7) is 8.06. The smallest absolute Gasteiger partial charge is 0.134 e. The predicted molar refractivity (Wildman–Crippen MR) is 82.4 cm³/mol. The fourth-order valence-electron chi connectivity index (χ4n) is 2.66. The molecule has 1 aromatic heterocycles. The summed E-state index contributed by atoms with van der Waals surface area (Å²) in [6.07, 6.45) is 3.18. The molecule has 1 atom stereocenters. The molecule has 2 rings (SSSR count). The van der Waals surface area contributed by atoms with Crippen LogP contribution in [0.4, 0.5) is 11.6 Å². The van der Waals surface area contributed by atoms with Crippen molar-refractivity contribution >= 4 is 11.6 Å². The molecule has 0 saturated carbocycles. The summed E-state index contributed by atoms with van der Waals surface area (Å²) in [4.78, 5) is 11.6. The Morgan fingerprint density at radius 1 is 1.40 bits per heavy atom. The van der Waals surface area contributed by atoms with E-state index < -0.39 is 0 Å². The van der Waals surface area contributed by atoms with Crippen molar-refractivity contribution in [3.8, 4) is 0 Å². The molecule has 0 spiro atoms. The van der Waals surface area contributed by atoms with Crippen molar-refractivity contribution < 1.29 is 4.74 Å². The first-order valence-electron chi connectivity index (χ1n) is 7.62. The maximum atomic E-state index is 5.26. The van der Waals surface area contributed by atoms with E-state index >= 15 is 0 Å².